The molecule has 3 heteroatoms. The van der Waals surface area contributed by atoms with Crippen molar-refractivity contribution in [1.82, 2.24) is 9.80 Å². The highest BCUT2D eigenvalue weighted by Crippen LogP contribution is 2.28. The van der Waals surface area contributed by atoms with E-state index in [1.54, 1.807) is 0 Å². The van der Waals surface area contributed by atoms with E-state index in [1.807, 2.05) is 0 Å². The smallest absolute Gasteiger partial charge is 0.0371 e. The van der Waals surface area contributed by atoms with Crippen LogP contribution >= 0.6 is 0 Å². The van der Waals surface area contributed by atoms with Crippen LogP contribution in [0.1, 0.15) is 38.5 Å². The van der Waals surface area contributed by atoms with Gasteiger partial charge in [0.2, 0.25) is 0 Å². The van der Waals surface area contributed by atoms with Gasteiger partial charge in [-0.15, -0.1) is 0 Å². The maximum atomic E-state index is 6.46. The second kappa shape index (κ2) is 6.17. The van der Waals surface area contributed by atoms with E-state index in [4.69, 9.17) is 5.73 Å². The largest absolute Gasteiger partial charge is 0.326 e. The third-order valence-electron chi connectivity index (χ3n) is 4.72. The molecule has 3 nitrogen and oxygen atoms in total. The SMILES string of the molecule is CN1CCN(C)C(C(N)CC2CCCCC2)C1. The number of hydrogen-bond acceptors (Lipinski definition) is 3. The minimum Gasteiger partial charge on any atom is -0.326 e. The van der Waals surface area contributed by atoms with Crippen molar-refractivity contribution in [2.75, 3.05) is 33.7 Å². The molecule has 2 aliphatic rings. The summed E-state index contributed by atoms with van der Waals surface area (Å²) in [6, 6.07) is 0.932. The van der Waals surface area contributed by atoms with E-state index in [-0.39, 0.29) is 0 Å². The Bertz CT molecular complexity index is 226. The Kier molecular flexibility index (Phi) is 4.83. The lowest BCUT2D eigenvalue weighted by molar-refractivity contribution is 0.0886. The molecule has 2 rings (SSSR count). The normalized spacial score (nSPS) is 31.6. The van der Waals surface area contributed by atoms with E-state index in [0.717, 1.165) is 12.5 Å². The van der Waals surface area contributed by atoms with Gasteiger partial charge in [-0.2, -0.15) is 0 Å². The first kappa shape index (κ1) is 13.3. The van der Waals surface area contributed by atoms with Gasteiger partial charge in [0.15, 0.2) is 0 Å². The zero-order chi connectivity index (χ0) is 12.3. The molecule has 1 aliphatic carbocycles. The molecule has 1 aliphatic heterocycles. The molecular weight excluding hydrogens is 210 g/mol. The molecule has 2 atom stereocenters. The van der Waals surface area contributed by atoms with E-state index in [1.165, 1.54) is 51.6 Å². The summed E-state index contributed by atoms with van der Waals surface area (Å²) in [4.78, 5) is 4.89. The summed E-state index contributed by atoms with van der Waals surface area (Å²) in [5.74, 6) is 0.902. The Labute approximate surface area is 106 Å². The summed E-state index contributed by atoms with van der Waals surface area (Å²) < 4.78 is 0. The van der Waals surface area contributed by atoms with Crippen LogP contribution in [0.25, 0.3) is 0 Å². The number of piperazine rings is 1. The van der Waals surface area contributed by atoms with Gasteiger partial charge in [0.25, 0.3) is 0 Å². The van der Waals surface area contributed by atoms with Crippen LogP contribution in [0.4, 0.5) is 0 Å². The molecule has 17 heavy (non-hydrogen) atoms. The predicted octanol–water partition coefficient (Wildman–Crippen LogP) is 1.53. The summed E-state index contributed by atoms with van der Waals surface area (Å²) in [5.41, 5.74) is 6.46. The summed E-state index contributed by atoms with van der Waals surface area (Å²) in [6.07, 6.45) is 8.37. The molecule has 2 N–H and O–H groups in total. The highest BCUT2D eigenvalue weighted by atomic mass is 15.3. The first-order valence-electron chi connectivity index (χ1n) is 7.31. The fourth-order valence-corrected chi connectivity index (χ4v) is 3.47. The third-order valence-corrected chi connectivity index (χ3v) is 4.72. The van der Waals surface area contributed by atoms with Crippen LogP contribution < -0.4 is 5.73 Å². The van der Waals surface area contributed by atoms with Crippen molar-refractivity contribution in [2.24, 2.45) is 11.7 Å². The average molecular weight is 239 g/mol. The van der Waals surface area contributed by atoms with Crippen LogP contribution in [-0.4, -0.2) is 55.6 Å². The van der Waals surface area contributed by atoms with Crippen molar-refractivity contribution in [3.63, 3.8) is 0 Å². The Balaban J connectivity index is 1.82. The van der Waals surface area contributed by atoms with Crippen molar-refractivity contribution in [3.05, 3.63) is 0 Å². The molecule has 0 aromatic carbocycles. The minimum absolute atomic E-state index is 0.367. The monoisotopic (exact) mass is 239 g/mol. The maximum Gasteiger partial charge on any atom is 0.0371 e. The topological polar surface area (TPSA) is 32.5 Å². The van der Waals surface area contributed by atoms with Gasteiger partial charge in [-0.1, -0.05) is 32.1 Å². The van der Waals surface area contributed by atoms with E-state index < -0.39 is 0 Å². The van der Waals surface area contributed by atoms with Crippen LogP contribution in [0.3, 0.4) is 0 Å². The van der Waals surface area contributed by atoms with Gasteiger partial charge in [0, 0.05) is 31.7 Å². The molecule has 0 aromatic rings. The molecule has 2 unspecified atom stereocenters. The van der Waals surface area contributed by atoms with E-state index in [0.29, 0.717) is 12.1 Å². The van der Waals surface area contributed by atoms with Crippen LogP contribution in [0, 0.1) is 5.92 Å². The lowest BCUT2D eigenvalue weighted by Gasteiger charge is -2.41. The molecule has 0 spiro atoms. The van der Waals surface area contributed by atoms with Gasteiger partial charge in [0.05, 0.1) is 0 Å². The van der Waals surface area contributed by atoms with Gasteiger partial charge >= 0.3 is 0 Å². The molecule has 0 radical (unpaired) electrons. The first-order chi connectivity index (χ1) is 8.16. The standard InChI is InChI=1S/C14H29N3/c1-16-8-9-17(2)14(11-16)13(15)10-12-6-4-3-5-7-12/h12-14H,3-11,15H2,1-2H3. The van der Waals surface area contributed by atoms with Gasteiger partial charge < -0.3 is 10.6 Å². The molecule has 0 aromatic heterocycles. The fraction of sp³-hybridized carbons (Fsp3) is 1.00. The van der Waals surface area contributed by atoms with Crippen molar-refractivity contribution in [3.8, 4) is 0 Å². The zero-order valence-corrected chi connectivity index (χ0v) is 11.6. The summed E-state index contributed by atoms with van der Waals surface area (Å²) in [6.45, 7) is 3.49. The average Bonchev–Trinajstić information content (AvgIpc) is 2.33. The van der Waals surface area contributed by atoms with Gasteiger partial charge in [0.1, 0.15) is 0 Å². The van der Waals surface area contributed by atoms with Crippen LogP contribution in [0.15, 0.2) is 0 Å². The van der Waals surface area contributed by atoms with Crippen molar-refractivity contribution in [2.45, 2.75) is 50.6 Å². The summed E-state index contributed by atoms with van der Waals surface area (Å²) in [7, 11) is 4.45. The summed E-state index contributed by atoms with van der Waals surface area (Å²) >= 11 is 0. The van der Waals surface area contributed by atoms with Gasteiger partial charge in [-0.3, -0.25) is 4.90 Å². The fourth-order valence-electron chi connectivity index (χ4n) is 3.47. The Hall–Kier alpha value is -0.120. The predicted molar refractivity (Wildman–Crippen MR) is 73.1 cm³/mol. The minimum atomic E-state index is 0.367. The lowest BCUT2D eigenvalue weighted by Crippen LogP contribution is -2.57. The Morgan fingerprint density at radius 2 is 1.82 bits per heavy atom. The highest BCUT2D eigenvalue weighted by molar-refractivity contribution is 4.88. The Morgan fingerprint density at radius 1 is 1.12 bits per heavy atom. The number of nitrogens with zero attached hydrogens (tertiary/aromatic N) is 2. The molecule has 100 valence electrons. The highest BCUT2D eigenvalue weighted by Gasteiger charge is 2.29. The van der Waals surface area contributed by atoms with Crippen LogP contribution in [0.5, 0.6) is 0 Å². The molecule has 1 heterocycles. The second-order valence-corrected chi connectivity index (χ2v) is 6.21. The quantitative estimate of drug-likeness (QED) is 0.811. The van der Waals surface area contributed by atoms with E-state index in [2.05, 4.69) is 23.9 Å². The molecule has 2 fully saturated rings. The number of nitrogens with two attached hydrogens (primary N) is 1. The number of hydrogen-bond donors (Lipinski definition) is 1. The lowest BCUT2D eigenvalue weighted by atomic mass is 9.83. The zero-order valence-electron chi connectivity index (χ0n) is 11.6. The molecule has 0 bridgehead atoms. The Morgan fingerprint density at radius 3 is 2.53 bits per heavy atom. The van der Waals surface area contributed by atoms with Gasteiger partial charge in [-0.25, -0.2) is 0 Å². The first-order valence-corrected chi connectivity index (χ1v) is 7.31. The van der Waals surface area contributed by atoms with Gasteiger partial charge in [-0.05, 0) is 26.4 Å². The second-order valence-electron chi connectivity index (χ2n) is 6.21. The molecule has 1 saturated heterocycles. The van der Waals surface area contributed by atoms with Crippen molar-refractivity contribution < 1.29 is 0 Å². The number of rotatable bonds is 3. The van der Waals surface area contributed by atoms with Crippen molar-refractivity contribution >= 4 is 0 Å². The van der Waals surface area contributed by atoms with E-state index in [9.17, 15) is 0 Å². The third kappa shape index (κ3) is 3.67. The van der Waals surface area contributed by atoms with Crippen LogP contribution in [-0.2, 0) is 0 Å². The van der Waals surface area contributed by atoms with Crippen molar-refractivity contribution in [1.29, 1.82) is 0 Å². The summed E-state index contributed by atoms with van der Waals surface area (Å²) in [5, 5.41) is 0. The molecule has 0 amide bonds. The maximum absolute atomic E-state index is 6.46. The molecular formula is C14H29N3. The van der Waals surface area contributed by atoms with Crippen LogP contribution in [0.2, 0.25) is 0 Å². The van der Waals surface area contributed by atoms with E-state index >= 15 is 0 Å². The number of likely N-dealkylation sites (N-methyl/N-ethyl adjacent to an activating group) is 2. The molecule has 1 saturated carbocycles.